The van der Waals surface area contributed by atoms with E-state index in [-0.39, 0.29) is 15.6 Å². The van der Waals surface area contributed by atoms with Crippen molar-refractivity contribution in [1.82, 2.24) is 9.97 Å². The Labute approximate surface area is 161 Å². The number of aryl methyl sites for hydroxylation is 2. The molecule has 3 aromatic rings. The van der Waals surface area contributed by atoms with Gasteiger partial charge in [0, 0.05) is 5.56 Å². The summed E-state index contributed by atoms with van der Waals surface area (Å²) in [6.07, 6.45) is -0.502. The van der Waals surface area contributed by atoms with Crippen molar-refractivity contribution in [3.8, 4) is 10.6 Å². The lowest BCUT2D eigenvalue weighted by Gasteiger charge is -2.04. The number of nitrogens with two attached hydrogens (primary N) is 1. The van der Waals surface area contributed by atoms with Gasteiger partial charge in [0.2, 0.25) is 5.91 Å². The van der Waals surface area contributed by atoms with Gasteiger partial charge in [-0.1, -0.05) is 17.4 Å². The van der Waals surface area contributed by atoms with Gasteiger partial charge in [-0.25, -0.2) is 18.7 Å². The Morgan fingerprint density at radius 2 is 1.81 bits per heavy atom. The van der Waals surface area contributed by atoms with E-state index in [1.54, 1.807) is 6.92 Å². The van der Waals surface area contributed by atoms with E-state index in [2.05, 4.69) is 15.3 Å². The summed E-state index contributed by atoms with van der Waals surface area (Å²) in [5, 5.41) is 3.38. The molecule has 3 N–H and O–H groups in total. The molecule has 2 heterocycles. The fourth-order valence-electron chi connectivity index (χ4n) is 2.47. The quantitative estimate of drug-likeness (QED) is 0.676. The number of halogens is 2. The molecule has 3 rings (SSSR count). The standard InChI is InChI=1S/C17H14F2N4O2S2/c1-7-14(26-8(2)21-7)13-15(16(20)25)27-17(23-13)22-12(24)6-9-10(18)4-3-5-11(9)19/h3-5H,6H2,1-2H3,(H2,20,25)(H,22,23,24). The summed E-state index contributed by atoms with van der Waals surface area (Å²) >= 11 is 2.25. The maximum Gasteiger partial charge on any atom is 0.261 e. The van der Waals surface area contributed by atoms with Crippen molar-refractivity contribution in [2.45, 2.75) is 20.3 Å². The highest BCUT2D eigenvalue weighted by molar-refractivity contribution is 7.19. The number of hydrogen-bond acceptors (Lipinski definition) is 6. The Kier molecular flexibility index (Phi) is 5.29. The first-order valence-corrected chi connectivity index (χ1v) is 9.37. The van der Waals surface area contributed by atoms with Gasteiger partial charge in [-0.2, -0.15) is 0 Å². The number of hydrogen-bond donors (Lipinski definition) is 2. The highest BCUT2D eigenvalue weighted by Gasteiger charge is 2.22. The van der Waals surface area contributed by atoms with Gasteiger partial charge in [-0.05, 0) is 26.0 Å². The monoisotopic (exact) mass is 408 g/mol. The van der Waals surface area contributed by atoms with Crippen molar-refractivity contribution >= 4 is 39.6 Å². The van der Waals surface area contributed by atoms with Crippen LogP contribution in [0.1, 0.15) is 25.9 Å². The van der Waals surface area contributed by atoms with Crippen LogP contribution in [-0.2, 0) is 11.2 Å². The van der Waals surface area contributed by atoms with Crippen LogP contribution in [0.25, 0.3) is 10.6 Å². The zero-order valence-corrected chi connectivity index (χ0v) is 15.9. The molecule has 0 radical (unpaired) electrons. The van der Waals surface area contributed by atoms with Crippen molar-refractivity contribution in [3.05, 3.63) is 51.0 Å². The number of nitrogens with zero attached hydrogens (tertiary/aromatic N) is 2. The minimum absolute atomic E-state index is 0.117. The number of rotatable bonds is 5. The average Bonchev–Trinajstić information content (AvgIpc) is 3.13. The first-order valence-electron chi connectivity index (χ1n) is 7.74. The molecule has 0 saturated carbocycles. The van der Waals surface area contributed by atoms with Crippen LogP contribution in [0.4, 0.5) is 13.9 Å². The minimum Gasteiger partial charge on any atom is -0.365 e. The number of anilines is 1. The highest BCUT2D eigenvalue weighted by Crippen LogP contribution is 2.36. The van der Waals surface area contributed by atoms with Gasteiger partial charge in [0.1, 0.15) is 22.2 Å². The predicted molar refractivity (Wildman–Crippen MR) is 99.9 cm³/mol. The Hall–Kier alpha value is -2.72. The lowest BCUT2D eigenvalue weighted by Crippen LogP contribution is -2.16. The number of carbonyl (C=O) groups is 2. The number of aromatic nitrogens is 2. The van der Waals surface area contributed by atoms with E-state index in [1.165, 1.54) is 17.4 Å². The van der Waals surface area contributed by atoms with E-state index in [0.717, 1.165) is 28.5 Å². The SMILES string of the molecule is Cc1nc(C)c(-c2nc(NC(=O)Cc3c(F)cccc3F)sc2C(N)=O)s1. The molecule has 0 unspecified atom stereocenters. The number of primary amides is 1. The second-order valence-electron chi connectivity index (χ2n) is 5.63. The zero-order valence-electron chi connectivity index (χ0n) is 14.3. The molecule has 0 fully saturated rings. The molecule has 0 bridgehead atoms. The van der Waals surface area contributed by atoms with E-state index in [0.29, 0.717) is 16.3 Å². The number of carbonyl (C=O) groups excluding carboxylic acids is 2. The maximum atomic E-state index is 13.7. The molecule has 6 nitrogen and oxygen atoms in total. The molecule has 0 aliphatic carbocycles. The molecule has 0 aliphatic heterocycles. The van der Waals surface area contributed by atoms with Crippen molar-refractivity contribution in [2.75, 3.05) is 5.32 Å². The Bertz CT molecular complexity index is 1030. The third-order valence-electron chi connectivity index (χ3n) is 3.61. The Balaban J connectivity index is 1.87. The normalized spacial score (nSPS) is 10.8. The van der Waals surface area contributed by atoms with Crippen molar-refractivity contribution < 1.29 is 18.4 Å². The molecule has 1 aromatic carbocycles. The molecule has 0 saturated heterocycles. The summed E-state index contributed by atoms with van der Waals surface area (Å²) in [4.78, 5) is 33.4. The minimum atomic E-state index is -0.807. The van der Waals surface area contributed by atoms with Gasteiger partial charge in [-0.3, -0.25) is 9.59 Å². The van der Waals surface area contributed by atoms with E-state index in [1.807, 2.05) is 6.92 Å². The van der Waals surface area contributed by atoms with E-state index in [9.17, 15) is 18.4 Å². The second-order valence-corrected chi connectivity index (χ2v) is 7.84. The third kappa shape index (κ3) is 4.01. The smallest absolute Gasteiger partial charge is 0.261 e. The zero-order chi connectivity index (χ0) is 19.7. The summed E-state index contributed by atoms with van der Waals surface area (Å²) in [7, 11) is 0. The first-order chi connectivity index (χ1) is 12.8. The van der Waals surface area contributed by atoms with Crippen LogP contribution in [0.15, 0.2) is 18.2 Å². The summed E-state index contributed by atoms with van der Waals surface area (Å²) in [5.74, 6) is -2.96. The van der Waals surface area contributed by atoms with Crippen LogP contribution >= 0.6 is 22.7 Å². The molecule has 2 aromatic heterocycles. The van der Waals surface area contributed by atoms with Crippen molar-refractivity contribution in [1.29, 1.82) is 0 Å². The Morgan fingerprint density at radius 1 is 1.15 bits per heavy atom. The fraction of sp³-hybridized carbons (Fsp3) is 0.176. The molecule has 0 spiro atoms. The van der Waals surface area contributed by atoms with Crippen LogP contribution in [0.5, 0.6) is 0 Å². The number of thiazole rings is 2. The number of benzene rings is 1. The van der Waals surface area contributed by atoms with Crippen molar-refractivity contribution in [2.24, 2.45) is 5.73 Å². The van der Waals surface area contributed by atoms with Crippen LogP contribution in [-0.4, -0.2) is 21.8 Å². The molecular formula is C17H14F2N4O2S2. The van der Waals surface area contributed by atoms with Gasteiger partial charge in [-0.15, -0.1) is 11.3 Å². The first kappa shape index (κ1) is 19.1. The van der Waals surface area contributed by atoms with E-state index in [4.69, 9.17) is 5.73 Å². The van der Waals surface area contributed by atoms with Gasteiger partial charge < -0.3 is 11.1 Å². The number of nitrogens with one attached hydrogen (secondary N) is 1. The van der Waals surface area contributed by atoms with Crippen LogP contribution in [0.2, 0.25) is 0 Å². The summed E-state index contributed by atoms with van der Waals surface area (Å²) < 4.78 is 27.4. The van der Waals surface area contributed by atoms with Gasteiger partial charge in [0.15, 0.2) is 5.13 Å². The topological polar surface area (TPSA) is 98.0 Å². The summed E-state index contributed by atoms with van der Waals surface area (Å²) in [6.45, 7) is 3.60. The highest BCUT2D eigenvalue weighted by atomic mass is 32.1. The molecular weight excluding hydrogens is 394 g/mol. The lowest BCUT2D eigenvalue weighted by atomic mass is 10.1. The lowest BCUT2D eigenvalue weighted by molar-refractivity contribution is -0.115. The third-order valence-corrected chi connectivity index (χ3v) is 5.68. The van der Waals surface area contributed by atoms with E-state index < -0.39 is 29.9 Å². The molecule has 27 heavy (non-hydrogen) atoms. The summed E-state index contributed by atoms with van der Waals surface area (Å²) in [5.41, 5.74) is 6.11. The number of amides is 2. The van der Waals surface area contributed by atoms with Gasteiger partial charge in [0.05, 0.1) is 22.0 Å². The Morgan fingerprint density at radius 3 is 2.37 bits per heavy atom. The average molecular weight is 408 g/mol. The molecule has 0 aliphatic rings. The predicted octanol–water partition coefficient (Wildman–Crippen LogP) is 3.44. The van der Waals surface area contributed by atoms with Crippen LogP contribution in [0.3, 0.4) is 0 Å². The molecule has 140 valence electrons. The second kappa shape index (κ2) is 7.49. The molecule has 2 amide bonds. The van der Waals surface area contributed by atoms with Crippen LogP contribution in [0, 0.1) is 25.5 Å². The van der Waals surface area contributed by atoms with Gasteiger partial charge >= 0.3 is 0 Å². The largest absolute Gasteiger partial charge is 0.365 e. The van der Waals surface area contributed by atoms with Crippen LogP contribution < -0.4 is 11.1 Å². The summed E-state index contributed by atoms with van der Waals surface area (Å²) in [6, 6.07) is 3.37. The van der Waals surface area contributed by atoms with Crippen molar-refractivity contribution in [3.63, 3.8) is 0 Å². The fourth-order valence-corrected chi connectivity index (χ4v) is 4.29. The molecule has 0 atom stereocenters. The van der Waals surface area contributed by atoms with E-state index >= 15 is 0 Å². The van der Waals surface area contributed by atoms with Gasteiger partial charge in [0.25, 0.3) is 5.91 Å². The maximum absolute atomic E-state index is 13.7. The molecule has 10 heteroatoms.